The summed E-state index contributed by atoms with van der Waals surface area (Å²) in [5.41, 5.74) is 2.02. The molecule has 2 rings (SSSR count). The van der Waals surface area contributed by atoms with Gasteiger partial charge in [-0.15, -0.1) is 0 Å². The van der Waals surface area contributed by atoms with Crippen molar-refractivity contribution in [3.8, 4) is 0 Å². The van der Waals surface area contributed by atoms with Gasteiger partial charge >= 0.3 is 6.03 Å². The molecule has 1 saturated heterocycles. The van der Waals surface area contributed by atoms with E-state index in [1.807, 2.05) is 37.1 Å². The van der Waals surface area contributed by atoms with Crippen LogP contribution in [0.4, 0.5) is 10.5 Å². The van der Waals surface area contributed by atoms with Gasteiger partial charge in [0.15, 0.2) is 0 Å². The summed E-state index contributed by atoms with van der Waals surface area (Å²) in [5.74, 6) is 0.412. The highest BCUT2D eigenvalue weighted by molar-refractivity contribution is 9.10. The van der Waals surface area contributed by atoms with Gasteiger partial charge in [0.1, 0.15) is 0 Å². The van der Waals surface area contributed by atoms with Gasteiger partial charge in [-0.3, -0.25) is 4.90 Å². The molecule has 1 fully saturated rings. The minimum atomic E-state index is 0.0508. The first-order chi connectivity index (χ1) is 11.0. The molecular formula is C17H25BrN2O3. The molecule has 1 aliphatic rings. The van der Waals surface area contributed by atoms with Crippen molar-refractivity contribution in [1.29, 1.82) is 0 Å². The molecule has 0 radical (unpaired) electrons. The second-order valence-corrected chi connectivity index (χ2v) is 6.86. The van der Waals surface area contributed by atoms with Crippen molar-refractivity contribution >= 4 is 27.6 Å². The molecule has 1 unspecified atom stereocenters. The van der Waals surface area contributed by atoms with Crippen LogP contribution in [-0.4, -0.2) is 58.0 Å². The molecule has 0 saturated carbocycles. The Labute approximate surface area is 146 Å². The molecule has 1 aromatic carbocycles. The standard InChI is InChI=1S/C17H25BrN2O3/c1-13-10-15(18)4-5-16(13)19(2)17(21)20-7-6-14(11-20)12-23-9-8-22-3/h4-5,10,14H,6-9,11-12H2,1-3H3. The van der Waals surface area contributed by atoms with Gasteiger partial charge in [0.2, 0.25) is 0 Å². The lowest BCUT2D eigenvalue weighted by atomic mass is 10.1. The van der Waals surface area contributed by atoms with Crippen molar-refractivity contribution in [2.45, 2.75) is 13.3 Å². The maximum atomic E-state index is 12.7. The van der Waals surface area contributed by atoms with Crippen LogP contribution in [0.3, 0.4) is 0 Å². The Hall–Kier alpha value is -1.11. The molecule has 0 bridgehead atoms. The second kappa shape index (κ2) is 8.66. The van der Waals surface area contributed by atoms with Gasteiger partial charge in [0, 0.05) is 43.3 Å². The van der Waals surface area contributed by atoms with E-state index in [9.17, 15) is 4.79 Å². The molecule has 6 heteroatoms. The van der Waals surface area contributed by atoms with Crippen molar-refractivity contribution in [2.75, 3.05) is 52.0 Å². The van der Waals surface area contributed by atoms with Crippen LogP contribution in [0.1, 0.15) is 12.0 Å². The van der Waals surface area contributed by atoms with Crippen LogP contribution in [0, 0.1) is 12.8 Å². The summed E-state index contributed by atoms with van der Waals surface area (Å²) in [5, 5.41) is 0. The molecule has 2 amide bonds. The largest absolute Gasteiger partial charge is 0.382 e. The molecule has 0 N–H and O–H groups in total. The Bertz CT molecular complexity index is 539. The first-order valence-corrected chi connectivity index (χ1v) is 8.67. The fourth-order valence-electron chi connectivity index (χ4n) is 2.85. The van der Waals surface area contributed by atoms with E-state index in [1.54, 1.807) is 12.0 Å². The zero-order chi connectivity index (χ0) is 16.8. The van der Waals surface area contributed by atoms with Crippen LogP contribution >= 0.6 is 15.9 Å². The minimum absolute atomic E-state index is 0.0508. The summed E-state index contributed by atoms with van der Waals surface area (Å²) in [6.07, 6.45) is 0.992. The lowest BCUT2D eigenvalue weighted by Crippen LogP contribution is -2.40. The molecular weight excluding hydrogens is 360 g/mol. The molecule has 5 nitrogen and oxygen atoms in total. The molecule has 0 spiro atoms. The number of likely N-dealkylation sites (tertiary alicyclic amines) is 1. The Morgan fingerprint density at radius 3 is 2.91 bits per heavy atom. The van der Waals surface area contributed by atoms with Crippen LogP contribution < -0.4 is 4.90 Å². The Kier molecular flexibility index (Phi) is 6.87. The number of carbonyl (C=O) groups excluding carboxylic acids is 1. The van der Waals surface area contributed by atoms with E-state index >= 15 is 0 Å². The summed E-state index contributed by atoms with van der Waals surface area (Å²) in [7, 11) is 3.50. The summed E-state index contributed by atoms with van der Waals surface area (Å²) >= 11 is 3.46. The van der Waals surface area contributed by atoms with Crippen LogP contribution in [0.25, 0.3) is 0 Å². The van der Waals surface area contributed by atoms with Crippen molar-refractivity contribution in [3.05, 3.63) is 28.2 Å². The molecule has 1 aromatic rings. The van der Waals surface area contributed by atoms with Crippen molar-refractivity contribution in [3.63, 3.8) is 0 Å². The molecule has 1 heterocycles. The second-order valence-electron chi connectivity index (χ2n) is 5.94. The average Bonchev–Trinajstić information content (AvgIpc) is 2.99. The van der Waals surface area contributed by atoms with Crippen molar-refractivity contribution in [2.24, 2.45) is 5.92 Å². The molecule has 1 atom stereocenters. The van der Waals surface area contributed by atoms with E-state index in [4.69, 9.17) is 9.47 Å². The van der Waals surface area contributed by atoms with Crippen LogP contribution in [0.15, 0.2) is 22.7 Å². The fourth-order valence-corrected chi connectivity index (χ4v) is 3.32. The summed E-state index contributed by atoms with van der Waals surface area (Å²) < 4.78 is 11.6. The number of hydrogen-bond acceptors (Lipinski definition) is 3. The first-order valence-electron chi connectivity index (χ1n) is 7.88. The zero-order valence-corrected chi connectivity index (χ0v) is 15.6. The van der Waals surface area contributed by atoms with Gasteiger partial charge in [-0.05, 0) is 37.1 Å². The average molecular weight is 385 g/mol. The van der Waals surface area contributed by atoms with E-state index in [2.05, 4.69) is 15.9 Å². The number of nitrogens with zero attached hydrogens (tertiary/aromatic N) is 2. The zero-order valence-electron chi connectivity index (χ0n) is 14.0. The van der Waals surface area contributed by atoms with Gasteiger partial charge < -0.3 is 14.4 Å². The number of benzene rings is 1. The van der Waals surface area contributed by atoms with E-state index in [1.165, 1.54) is 0 Å². The van der Waals surface area contributed by atoms with Crippen LogP contribution in [0.5, 0.6) is 0 Å². The lowest BCUT2D eigenvalue weighted by Gasteiger charge is -2.26. The smallest absolute Gasteiger partial charge is 0.324 e. The number of halogens is 1. The van der Waals surface area contributed by atoms with Gasteiger partial charge in [0.25, 0.3) is 0 Å². The number of methoxy groups -OCH3 is 1. The highest BCUT2D eigenvalue weighted by atomic mass is 79.9. The Balaban J connectivity index is 1.88. The Morgan fingerprint density at radius 1 is 1.43 bits per heavy atom. The quantitative estimate of drug-likeness (QED) is 0.706. The van der Waals surface area contributed by atoms with Gasteiger partial charge in [-0.25, -0.2) is 4.79 Å². The van der Waals surface area contributed by atoms with Crippen LogP contribution in [0.2, 0.25) is 0 Å². The van der Waals surface area contributed by atoms with Crippen molar-refractivity contribution < 1.29 is 14.3 Å². The third kappa shape index (κ3) is 4.93. The summed E-state index contributed by atoms with van der Waals surface area (Å²) in [6.45, 7) is 5.47. The third-order valence-corrected chi connectivity index (χ3v) is 4.64. The topological polar surface area (TPSA) is 42.0 Å². The third-order valence-electron chi connectivity index (χ3n) is 4.15. The number of anilines is 1. The number of rotatable bonds is 6. The highest BCUT2D eigenvalue weighted by Gasteiger charge is 2.29. The number of aryl methyl sites for hydroxylation is 1. The van der Waals surface area contributed by atoms with Gasteiger partial charge in [-0.2, -0.15) is 0 Å². The Morgan fingerprint density at radius 2 is 2.22 bits per heavy atom. The van der Waals surface area contributed by atoms with Crippen molar-refractivity contribution in [1.82, 2.24) is 4.90 Å². The highest BCUT2D eigenvalue weighted by Crippen LogP contribution is 2.25. The van der Waals surface area contributed by atoms with Gasteiger partial charge in [-0.1, -0.05) is 15.9 Å². The molecule has 0 aromatic heterocycles. The van der Waals surface area contributed by atoms with Gasteiger partial charge in [0.05, 0.1) is 19.8 Å². The number of amides is 2. The SMILES string of the molecule is COCCOCC1CCN(C(=O)N(C)c2ccc(Br)cc2C)C1. The van der Waals surface area contributed by atoms with E-state index in [0.717, 1.165) is 35.2 Å². The maximum Gasteiger partial charge on any atom is 0.324 e. The molecule has 0 aliphatic carbocycles. The lowest BCUT2D eigenvalue weighted by molar-refractivity contribution is 0.0533. The normalized spacial score (nSPS) is 17.6. The monoisotopic (exact) mass is 384 g/mol. The number of ether oxygens (including phenoxy) is 2. The van der Waals surface area contributed by atoms with E-state index in [-0.39, 0.29) is 6.03 Å². The number of urea groups is 1. The van der Waals surface area contributed by atoms with E-state index in [0.29, 0.717) is 25.7 Å². The first kappa shape index (κ1) is 18.2. The predicted octanol–water partition coefficient (Wildman–Crippen LogP) is 3.30. The molecule has 23 heavy (non-hydrogen) atoms. The summed E-state index contributed by atoms with van der Waals surface area (Å²) in [4.78, 5) is 16.3. The minimum Gasteiger partial charge on any atom is -0.382 e. The fraction of sp³-hybridized carbons (Fsp3) is 0.588. The maximum absolute atomic E-state index is 12.7. The summed E-state index contributed by atoms with van der Waals surface area (Å²) in [6, 6.07) is 6.01. The predicted molar refractivity (Wildman–Crippen MR) is 95.1 cm³/mol. The van der Waals surface area contributed by atoms with E-state index < -0.39 is 0 Å². The molecule has 1 aliphatic heterocycles. The van der Waals surface area contributed by atoms with Crippen LogP contribution in [-0.2, 0) is 9.47 Å². The number of hydrogen-bond donors (Lipinski definition) is 0. The number of carbonyl (C=O) groups is 1. The molecule has 128 valence electrons.